The van der Waals surface area contributed by atoms with Gasteiger partial charge in [0, 0.05) is 12.1 Å². The predicted octanol–water partition coefficient (Wildman–Crippen LogP) is 7.09. The topological polar surface area (TPSA) is 52.0 Å². The third kappa shape index (κ3) is 20.1. The number of rotatable bonds is 20. The SMILES string of the molecule is CCCCCCCCCCCCCCCCCCC(N)CC(N)CC. The van der Waals surface area contributed by atoms with Gasteiger partial charge in [-0.25, -0.2) is 0 Å². The molecule has 0 rings (SSSR count). The minimum atomic E-state index is 0.302. The Morgan fingerprint density at radius 3 is 1.20 bits per heavy atom. The number of unbranched alkanes of at least 4 members (excludes halogenated alkanes) is 15. The normalized spacial score (nSPS) is 13.9. The largest absolute Gasteiger partial charge is 0.328 e. The highest BCUT2D eigenvalue weighted by Gasteiger charge is 2.07. The van der Waals surface area contributed by atoms with Crippen molar-refractivity contribution in [2.45, 2.75) is 148 Å². The molecular formula is C23H50N2. The van der Waals surface area contributed by atoms with Crippen LogP contribution in [0.25, 0.3) is 0 Å². The Kier molecular flexibility index (Phi) is 20.2. The molecular weight excluding hydrogens is 304 g/mol. The van der Waals surface area contributed by atoms with Gasteiger partial charge in [-0.15, -0.1) is 0 Å². The van der Waals surface area contributed by atoms with E-state index in [9.17, 15) is 0 Å². The van der Waals surface area contributed by atoms with Gasteiger partial charge in [-0.3, -0.25) is 0 Å². The molecule has 0 fully saturated rings. The van der Waals surface area contributed by atoms with Gasteiger partial charge in [-0.2, -0.15) is 0 Å². The third-order valence-electron chi connectivity index (χ3n) is 5.56. The fourth-order valence-electron chi connectivity index (χ4n) is 3.63. The molecule has 0 aromatic heterocycles. The van der Waals surface area contributed by atoms with Crippen molar-refractivity contribution in [2.24, 2.45) is 11.5 Å². The summed E-state index contributed by atoms with van der Waals surface area (Å²) in [6.07, 6.45) is 26.0. The smallest absolute Gasteiger partial charge is 0.00535 e. The van der Waals surface area contributed by atoms with Crippen LogP contribution in [-0.4, -0.2) is 12.1 Å². The van der Waals surface area contributed by atoms with Crippen LogP contribution >= 0.6 is 0 Å². The van der Waals surface area contributed by atoms with Crippen LogP contribution in [0, 0.1) is 0 Å². The fourth-order valence-corrected chi connectivity index (χ4v) is 3.63. The zero-order valence-electron chi connectivity index (χ0n) is 17.7. The first-order valence-electron chi connectivity index (χ1n) is 11.7. The van der Waals surface area contributed by atoms with Gasteiger partial charge in [0.25, 0.3) is 0 Å². The zero-order valence-corrected chi connectivity index (χ0v) is 17.7. The number of hydrogen-bond acceptors (Lipinski definition) is 2. The quantitative estimate of drug-likeness (QED) is 0.229. The highest BCUT2D eigenvalue weighted by Crippen LogP contribution is 2.14. The molecule has 2 unspecified atom stereocenters. The Labute approximate surface area is 159 Å². The van der Waals surface area contributed by atoms with Crippen molar-refractivity contribution in [3.05, 3.63) is 0 Å². The molecule has 152 valence electrons. The number of nitrogens with two attached hydrogens (primary N) is 2. The summed E-state index contributed by atoms with van der Waals surface area (Å²) in [6.45, 7) is 4.44. The molecule has 0 aliphatic carbocycles. The second-order valence-electron chi connectivity index (χ2n) is 8.26. The van der Waals surface area contributed by atoms with Crippen molar-refractivity contribution < 1.29 is 0 Å². The van der Waals surface area contributed by atoms with Gasteiger partial charge in [0.05, 0.1) is 0 Å². The molecule has 0 saturated heterocycles. The molecule has 0 heterocycles. The summed E-state index contributed by atoms with van der Waals surface area (Å²) in [5.74, 6) is 0. The molecule has 2 heteroatoms. The van der Waals surface area contributed by atoms with E-state index in [0.717, 1.165) is 19.3 Å². The molecule has 25 heavy (non-hydrogen) atoms. The third-order valence-corrected chi connectivity index (χ3v) is 5.56. The molecule has 0 amide bonds. The van der Waals surface area contributed by atoms with Gasteiger partial charge in [0.15, 0.2) is 0 Å². The molecule has 0 spiro atoms. The molecule has 2 nitrogen and oxygen atoms in total. The van der Waals surface area contributed by atoms with Gasteiger partial charge < -0.3 is 11.5 Å². The van der Waals surface area contributed by atoms with Gasteiger partial charge in [0.2, 0.25) is 0 Å². The Morgan fingerprint density at radius 2 is 0.840 bits per heavy atom. The second kappa shape index (κ2) is 20.2. The molecule has 0 bridgehead atoms. The van der Waals surface area contributed by atoms with E-state index in [0.29, 0.717) is 12.1 Å². The van der Waals surface area contributed by atoms with E-state index in [4.69, 9.17) is 11.5 Å². The van der Waals surface area contributed by atoms with Crippen molar-refractivity contribution >= 4 is 0 Å². The van der Waals surface area contributed by atoms with E-state index in [1.165, 1.54) is 103 Å². The first kappa shape index (κ1) is 24.9. The summed E-state index contributed by atoms with van der Waals surface area (Å²) >= 11 is 0. The first-order chi connectivity index (χ1) is 12.2. The summed E-state index contributed by atoms with van der Waals surface area (Å²) in [5.41, 5.74) is 12.1. The van der Waals surface area contributed by atoms with Crippen molar-refractivity contribution in [3.63, 3.8) is 0 Å². The summed E-state index contributed by atoms with van der Waals surface area (Å²) in [4.78, 5) is 0. The van der Waals surface area contributed by atoms with Crippen molar-refractivity contribution in [3.8, 4) is 0 Å². The lowest BCUT2D eigenvalue weighted by atomic mass is 9.99. The molecule has 0 radical (unpaired) electrons. The second-order valence-corrected chi connectivity index (χ2v) is 8.26. The maximum absolute atomic E-state index is 6.13. The lowest BCUT2D eigenvalue weighted by molar-refractivity contribution is 0.462. The van der Waals surface area contributed by atoms with Gasteiger partial charge in [0.1, 0.15) is 0 Å². The van der Waals surface area contributed by atoms with E-state index in [2.05, 4.69) is 13.8 Å². The van der Waals surface area contributed by atoms with Crippen molar-refractivity contribution in [2.75, 3.05) is 0 Å². The van der Waals surface area contributed by atoms with Crippen LogP contribution in [-0.2, 0) is 0 Å². The molecule has 2 atom stereocenters. The molecule has 0 saturated carbocycles. The highest BCUT2D eigenvalue weighted by molar-refractivity contribution is 4.69. The minimum absolute atomic E-state index is 0.302. The Balaban J connectivity index is 3.09. The van der Waals surface area contributed by atoms with Crippen LogP contribution < -0.4 is 11.5 Å². The maximum Gasteiger partial charge on any atom is 0.00535 e. The minimum Gasteiger partial charge on any atom is -0.328 e. The van der Waals surface area contributed by atoms with Crippen LogP contribution in [0.15, 0.2) is 0 Å². The summed E-state index contributed by atoms with van der Waals surface area (Å²) in [6, 6.07) is 0.623. The molecule has 0 aliphatic rings. The van der Waals surface area contributed by atoms with E-state index < -0.39 is 0 Å². The molecule has 0 aromatic rings. The number of hydrogen-bond donors (Lipinski definition) is 2. The zero-order chi connectivity index (χ0) is 18.6. The van der Waals surface area contributed by atoms with Crippen LogP contribution in [0.4, 0.5) is 0 Å². The summed E-state index contributed by atoms with van der Waals surface area (Å²) in [5, 5.41) is 0. The van der Waals surface area contributed by atoms with E-state index in [1.54, 1.807) is 0 Å². The van der Waals surface area contributed by atoms with Gasteiger partial charge in [-0.05, 0) is 19.3 Å². The van der Waals surface area contributed by atoms with Crippen LogP contribution in [0.3, 0.4) is 0 Å². The van der Waals surface area contributed by atoms with E-state index in [-0.39, 0.29) is 0 Å². The lowest BCUT2D eigenvalue weighted by Crippen LogP contribution is -2.30. The first-order valence-corrected chi connectivity index (χ1v) is 11.7. The maximum atomic E-state index is 6.13. The summed E-state index contributed by atoms with van der Waals surface area (Å²) < 4.78 is 0. The molecule has 4 N–H and O–H groups in total. The Morgan fingerprint density at radius 1 is 0.480 bits per heavy atom. The molecule has 0 aromatic carbocycles. The monoisotopic (exact) mass is 354 g/mol. The summed E-state index contributed by atoms with van der Waals surface area (Å²) in [7, 11) is 0. The average molecular weight is 355 g/mol. The average Bonchev–Trinajstić information content (AvgIpc) is 2.61. The van der Waals surface area contributed by atoms with Crippen LogP contribution in [0.1, 0.15) is 136 Å². The van der Waals surface area contributed by atoms with Gasteiger partial charge >= 0.3 is 0 Å². The Bertz CT molecular complexity index is 242. The Hall–Kier alpha value is -0.0800. The van der Waals surface area contributed by atoms with E-state index >= 15 is 0 Å². The van der Waals surface area contributed by atoms with E-state index in [1.807, 2.05) is 0 Å². The van der Waals surface area contributed by atoms with Gasteiger partial charge in [-0.1, -0.05) is 117 Å². The van der Waals surface area contributed by atoms with Crippen LogP contribution in [0.5, 0.6) is 0 Å². The van der Waals surface area contributed by atoms with Crippen molar-refractivity contribution in [1.29, 1.82) is 0 Å². The molecule has 0 aliphatic heterocycles. The standard InChI is InChI=1S/C23H50N2/c1-3-5-6-7-8-9-10-11-12-13-14-15-16-17-18-19-20-23(25)21-22(24)4-2/h22-23H,3-21,24-25H2,1-2H3. The van der Waals surface area contributed by atoms with Crippen LogP contribution in [0.2, 0.25) is 0 Å². The predicted molar refractivity (Wildman–Crippen MR) is 115 cm³/mol. The highest BCUT2D eigenvalue weighted by atomic mass is 14.7. The lowest BCUT2D eigenvalue weighted by Gasteiger charge is -2.15. The van der Waals surface area contributed by atoms with Crippen molar-refractivity contribution in [1.82, 2.24) is 0 Å². The fraction of sp³-hybridized carbons (Fsp3) is 1.00.